The van der Waals surface area contributed by atoms with Crippen LogP contribution in [0.15, 0.2) is 79.0 Å². The standard InChI is InChI=1S/C28H36NP/c1-27(2,3)25(22-14-8-7-9-15-22)20-23-16-10-11-17-24(23)21-30(28(4,5)6)26-18-12-13-19-29-26/h7-19,25H,20-21H2,1-6H3. The predicted octanol–water partition coefficient (Wildman–Crippen LogP) is 7.56. The summed E-state index contributed by atoms with van der Waals surface area (Å²) in [6.07, 6.45) is 4.09. The van der Waals surface area contributed by atoms with E-state index in [-0.39, 0.29) is 10.6 Å². The van der Waals surface area contributed by atoms with Crippen molar-refractivity contribution in [2.45, 2.75) is 65.2 Å². The van der Waals surface area contributed by atoms with E-state index >= 15 is 0 Å². The summed E-state index contributed by atoms with van der Waals surface area (Å²) in [5.41, 5.74) is 5.85. The number of aromatic nitrogens is 1. The first-order chi connectivity index (χ1) is 14.2. The van der Waals surface area contributed by atoms with Gasteiger partial charge in [-0.05, 0) is 65.8 Å². The van der Waals surface area contributed by atoms with Gasteiger partial charge in [-0.15, -0.1) is 0 Å². The van der Waals surface area contributed by atoms with Crippen molar-refractivity contribution < 1.29 is 0 Å². The molecule has 0 fully saturated rings. The van der Waals surface area contributed by atoms with E-state index in [4.69, 9.17) is 4.98 Å². The topological polar surface area (TPSA) is 12.9 Å². The van der Waals surface area contributed by atoms with Crippen LogP contribution in [0.5, 0.6) is 0 Å². The molecule has 2 heteroatoms. The smallest absolute Gasteiger partial charge is 0.0639 e. The molecule has 2 aromatic carbocycles. The second kappa shape index (κ2) is 9.44. The first-order valence-corrected chi connectivity index (χ1v) is 12.5. The Balaban J connectivity index is 1.95. The third-order valence-electron chi connectivity index (χ3n) is 5.85. The number of hydrogen-bond acceptors (Lipinski definition) is 1. The molecule has 0 N–H and O–H groups in total. The van der Waals surface area contributed by atoms with E-state index in [1.165, 1.54) is 22.1 Å². The molecule has 2 unspecified atom stereocenters. The summed E-state index contributed by atoms with van der Waals surface area (Å²) >= 11 is 0. The fourth-order valence-corrected chi connectivity index (χ4v) is 6.53. The van der Waals surface area contributed by atoms with Crippen LogP contribution in [-0.4, -0.2) is 10.1 Å². The lowest BCUT2D eigenvalue weighted by molar-refractivity contribution is 0.317. The zero-order chi connectivity index (χ0) is 21.8. The molecular formula is C28H36NP. The summed E-state index contributed by atoms with van der Waals surface area (Å²) < 4.78 is 0. The molecule has 3 rings (SSSR count). The lowest BCUT2D eigenvalue weighted by Crippen LogP contribution is -2.23. The van der Waals surface area contributed by atoms with Crippen LogP contribution in [-0.2, 0) is 12.6 Å². The maximum Gasteiger partial charge on any atom is 0.0639 e. The highest BCUT2D eigenvalue weighted by molar-refractivity contribution is 7.66. The van der Waals surface area contributed by atoms with E-state index in [9.17, 15) is 0 Å². The lowest BCUT2D eigenvalue weighted by atomic mass is 9.73. The molecule has 0 aliphatic rings. The van der Waals surface area contributed by atoms with E-state index in [0.29, 0.717) is 5.92 Å². The van der Waals surface area contributed by atoms with Gasteiger partial charge in [-0.2, -0.15) is 0 Å². The highest BCUT2D eigenvalue weighted by Gasteiger charge is 2.30. The summed E-state index contributed by atoms with van der Waals surface area (Å²) in [7, 11) is -0.408. The molecule has 0 aliphatic heterocycles. The Labute approximate surface area is 184 Å². The van der Waals surface area contributed by atoms with Gasteiger partial charge in [0, 0.05) is 6.20 Å². The first-order valence-electron chi connectivity index (χ1n) is 11.0. The highest BCUT2D eigenvalue weighted by Crippen LogP contribution is 2.51. The molecule has 0 saturated heterocycles. The van der Waals surface area contributed by atoms with E-state index in [0.717, 1.165) is 12.6 Å². The van der Waals surface area contributed by atoms with Gasteiger partial charge in [-0.1, -0.05) is 102 Å². The van der Waals surface area contributed by atoms with Crippen molar-refractivity contribution in [3.63, 3.8) is 0 Å². The molecule has 3 aromatic rings. The molecule has 1 aromatic heterocycles. The second-order valence-electron chi connectivity index (χ2n) is 10.2. The van der Waals surface area contributed by atoms with E-state index < -0.39 is 7.92 Å². The van der Waals surface area contributed by atoms with E-state index in [2.05, 4.69) is 108 Å². The molecule has 0 aliphatic carbocycles. The number of benzene rings is 2. The Morgan fingerprint density at radius 1 is 0.733 bits per heavy atom. The quantitative estimate of drug-likeness (QED) is 0.377. The summed E-state index contributed by atoms with van der Waals surface area (Å²) in [4.78, 5) is 4.75. The highest BCUT2D eigenvalue weighted by atomic mass is 31.1. The summed E-state index contributed by atoms with van der Waals surface area (Å²) in [5, 5.41) is 0.208. The summed E-state index contributed by atoms with van der Waals surface area (Å²) in [6, 6.07) is 26.4. The van der Waals surface area contributed by atoms with Crippen LogP contribution in [0.25, 0.3) is 0 Å². The average molecular weight is 418 g/mol. The molecule has 0 spiro atoms. The van der Waals surface area contributed by atoms with E-state index in [1.54, 1.807) is 0 Å². The Morgan fingerprint density at radius 3 is 1.90 bits per heavy atom. The number of rotatable bonds is 6. The number of pyridine rings is 1. The van der Waals surface area contributed by atoms with Gasteiger partial charge in [-0.25, -0.2) is 0 Å². The maximum absolute atomic E-state index is 4.75. The molecule has 0 saturated carbocycles. The van der Waals surface area contributed by atoms with Gasteiger partial charge in [0.05, 0.1) is 5.44 Å². The maximum atomic E-state index is 4.75. The minimum absolute atomic E-state index is 0.199. The molecule has 1 heterocycles. The molecule has 30 heavy (non-hydrogen) atoms. The van der Waals surface area contributed by atoms with Gasteiger partial charge in [-0.3, -0.25) is 4.98 Å². The van der Waals surface area contributed by atoms with Crippen molar-refractivity contribution >= 4 is 13.4 Å². The summed E-state index contributed by atoms with van der Waals surface area (Å²) in [6.45, 7) is 14.2. The van der Waals surface area contributed by atoms with Crippen molar-refractivity contribution in [3.8, 4) is 0 Å². The van der Waals surface area contributed by atoms with Gasteiger partial charge in [0.15, 0.2) is 0 Å². The van der Waals surface area contributed by atoms with Crippen LogP contribution >= 0.6 is 7.92 Å². The zero-order valence-electron chi connectivity index (χ0n) is 19.4. The van der Waals surface area contributed by atoms with Crippen molar-refractivity contribution in [1.82, 2.24) is 4.98 Å². The fourth-order valence-electron chi connectivity index (χ4n) is 4.09. The van der Waals surface area contributed by atoms with Crippen LogP contribution in [0.4, 0.5) is 0 Å². The lowest BCUT2D eigenvalue weighted by Gasteiger charge is -2.34. The summed E-state index contributed by atoms with van der Waals surface area (Å²) in [5.74, 6) is 0.482. The van der Waals surface area contributed by atoms with Gasteiger partial charge in [0.25, 0.3) is 0 Å². The second-order valence-corrected chi connectivity index (χ2v) is 13.2. The molecule has 0 amide bonds. The monoisotopic (exact) mass is 417 g/mol. The molecule has 2 atom stereocenters. The van der Waals surface area contributed by atoms with Crippen LogP contribution in [0, 0.1) is 5.41 Å². The molecular weight excluding hydrogens is 381 g/mol. The van der Waals surface area contributed by atoms with Crippen molar-refractivity contribution in [2.24, 2.45) is 5.41 Å². The van der Waals surface area contributed by atoms with E-state index in [1.807, 2.05) is 12.3 Å². The van der Waals surface area contributed by atoms with Crippen molar-refractivity contribution in [1.29, 1.82) is 0 Å². The zero-order valence-corrected chi connectivity index (χ0v) is 20.3. The number of nitrogens with zero attached hydrogens (tertiary/aromatic N) is 1. The van der Waals surface area contributed by atoms with Gasteiger partial charge in [0.2, 0.25) is 0 Å². The van der Waals surface area contributed by atoms with Crippen molar-refractivity contribution in [3.05, 3.63) is 95.7 Å². The Kier molecular flexibility index (Phi) is 7.14. The van der Waals surface area contributed by atoms with Gasteiger partial charge in [0.1, 0.15) is 0 Å². The fraction of sp³-hybridized carbons (Fsp3) is 0.393. The largest absolute Gasteiger partial charge is 0.257 e. The third kappa shape index (κ3) is 5.79. The van der Waals surface area contributed by atoms with Crippen LogP contribution < -0.4 is 5.44 Å². The molecule has 1 nitrogen and oxygen atoms in total. The van der Waals surface area contributed by atoms with Crippen LogP contribution in [0.2, 0.25) is 0 Å². The van der Waals surface area contributed by atoms with Crippen molar-refractivity contribution in [2.75, 3.05) is 0 Å². The van der Waals surface area contributed by atoms with Gasteiger partial charge >= 0.3 is 0 Å². The SMILES string of the molecule is CC(C)(C)C(Cc1ccccc1CP(c1ccccn1)C(C)(C)C)c1ccccc1. The third-order valence-corrected chi connectivity index (χ3v) is 8.95. The minimum atomic E-state index is -0.408. The first kappa shape index (κ1) is 22.7. The number of hydrogen-bond donors (Lipinski definition) is 0. The molecule has 0 bridgehead atoms. The Morgan fingerprint density at radius 2 is 1.33 bits per heavy atom. The van der Waals surface area contributed by atoms with Gasteiger partial charge < -0.3 is 0 Å². The average Bonchev–Trinajstić information content (AvgIpc) is 2.70. The van der Waals surface area contributed by atoms with Crippen LogP contribution in [0.1, 0.15) is 64.2 Å². The molecule has 0 radical (unpaired) electrons. The minimum Gasteiger partial charge on any atom is -0.257 e. The Hall–Kier alpha value is -1.98. The normalized spacial score (nSPS) is 14.3. The molecule has 158 valence electrons. The Bertz CT molecular complexity index is 842. The van der Waals surface area contributed by atoms with Crippen LogP contribution in [0.3, 0.4) is 0 Å². The predicted molar refractivity (Wildman–Crippen MR) is 133 cm³/mol.